The van der Waals surface area contributed by atoms with Crippen molar-refractivity contribution < 1.29 is 19.1 Å². The largest absolute Gasteiger partial charge is 0.497 e. The molecule has 0 saturated carbocycles. The first-order valence-electron chi connectivity index (χ1n) is 13.3. The predicted molar refractivity (Wildman–Crippen MR) is 151 cm³/mol. The third kappa shape index (κ3) is 9.25. The number of benzene rings is 3. The second kappa shape index (κ2) is 14.8. The topological polar surface area (TPSA) is 67.9 Å². The Bertz CT molecular complexity index is 1150. The highest BCUT2D eigenvalue weighted by atomic mass is 16.5. The number of nitrogens with zero attached hydrogens (tertiary/aromatic N) is 1. The number of ether oxygens (including phenoxy) is 2. The minimum Gasteiger partial charge on any atom is -0.497 e. The highest BCUT2D eigenvalue weighted by Gasteiger charge is 2.30. The molecule has 0 saturated heterocycles. The molecule has 3 rings (SSSR count). The number of nitrogens with one attached hydrogen (secondary N) is 1. The fourth-order valence-corrected chi connectivity index (χ4v) is 4.21. The van der Waals surface area contributed by atoms with Gasteiger partial charge >= 0.3 is 0 Å². The van der Waals surface area contributed by atoms with E-state index in [-0.39, 0.29) is 18.2 Å². The lowest BCUT2D eigenvalue weighted by Gasteiger charge is -2.32. The fourth-order valence-electron chi connectivity index (χ4n) is 4.21. The lowest BCUT2D eigenvalue weighted by atomic mass is 10.0. The Morgan fingerprint density at radius 2 is 1.58 bits per heavy atom. The summed E-state index contributed by atoms with van der Waals surface area (Å²) in [6.07, 6.45) is 1.27. The highest BCUT2D eigenvalue weighted by Crippen LogP contribution is 2.19. The van der Waals surface area contributed by atoms with E-state index in [9.17, 15) is 9.59 Å². The molecular weight excluding hydrogens is 476 g/mol. The van der Waals surface area contributed by atoms with Crippen LogP contribution >= 0.6 is 0 Å². The molecule has 0 fully saturated rings. The van der Waals surface area contributed by atoms with Crippen molar-refractivity contribution in [2.24, 2.45) is 5.92 Å². The molecule has 0 aromatic heterocycles. The number of rotatable bonds is 14. The van der Waals surface area contributed by atoms with Crippen molar-refractivity contribution in [3.63, 3.8) is 0 Å². The Balaban J connectivity index is 1.76. The molecule has 3 aromatic rings. The van der Waals surface area contributed by atoms with Gasteiger partial charge in [0.2, 0.25) is 11.8 Å². The van der Waals surface area contributed by atoms with Gasteiger partial charge in [0.1, 0.15) is 17.5 Å². The minimum atomic E-state index is -0.619. The summed E-state index contributed by atoms with van der Waals surface area (Å²) in [6.45, 7) is 7.48. The van der Waals surface area contributed by atoms with E-state index < -0.39 is 6.04 Å². The molecule has 0 aliphatic carbocycles. The lowest BCUT2D eigenvalue weighted by Crippen LogP contribution is -2.51. The van der Waals surface area contributed by atoms with Crippen molar-refractivity contribution in [2.75, 3.05) is 20.3 Å². The average molecular weight is 517 g/mol. The Morgan fingerprint density at radius 1 is 0.895 bits per heavy atom. The first-order valence-corrected chi connectivity index (χ1v) is 13.3. The fraction of sp³-hybridized carbons (Fsp3) is 0.375. The molecule has 6 heteroatoms. The maximum atomic E-state index is 13.7. The number of aryl methyl sites for hydroxylation is 1. The van der Waals surface area contributed by atoms with E-state index in [0.717, 1.165) is 28.2 Å². The summed E-state index contributed by atoms with van der Waals surface area (Å²) in [4.78, 5) is 28.9. The zero-order valence-electron chi connectivity index (χ0n) is 23.0. The van der Waals surface area contributed by atoms with Crippen LogP contribution in [0.4, 0.5) is 0 Å². The molecule has 202 valence electrons. The third-order valence-electron chi connectivity index (χ3n) is 6.25. The molecule has 3 aromatic carbocycles. The molecule has 1 atom stereocenters. The van der Waals surface area contributed by atoms with Crippen LogP contribution in [-0.2, 0) is 22.6 Å². The van der Waals surface area contributed by atoms with Crippen LogP contribution in [0.25, 0.3) is 0 Å². The van der Waals surface area contributed by atoms with Crippen LogP contribution in [0.2, 0.25) is 0 Å². The summed E-state index contributed by atoms with van der Waals surface area (Å²) in [5.74, 6) is 1.61. The normalized spacial score (nSPS) is 11.6. The molecule has 6 nitrogen and oxygen atoms in total. The minimum absolute atomic E-state index is 0.0644. The Hall–Kier alpha value is -3.80. The van der Waals surface area contributed by atoms with Crippen molar-refractivity contribution in [3.05, 3.63) is 95.6 Å². The smallest absolute Gasteiger partial charge is 0.243 e. The van der Waals surface area contributed by atoms with Crippen molar-refractivity contribution in [3.8, 4) is 11.5 Å². The number of amides is 2. The van der Waals surface area contributed by atoms with Crippen molar-refractivity contribution in [2.45, 2.75) is 52.6 Å². The van der Waals surface area contributed by atoms with Crippen molar-refractivity contribution in [1.82, 2.24) is 10.2 Å². The molecule has 38 heavy (non-hydrogen) atoms. The molecule has 1 N–H and O–H groups in total. The molecule has 0 heterocycles. The van der Waals surface area contributed by atoms with Gasteiger partial charge in [0.25, 0.3) is 0 Å². The molecule has 2 amide bonds. The first kappa shape index (κ1) is 28.8. The maximum absolute atomic E-state index is 13.7. The zero-order chi connectivity index (χ0) is 27.3. The van der Waals surface area contributed by atoms with E-state index in [4.69, 9.17) is 9.47 Å². The third-order valence-corrected chi connectivity index (χ3v) is 6.25. The SMILES string of the molecule is COc1ccc(OCCCC(=O)N(Cc2cccc(C)c2)[C@H](Cc2ccccc2)C(=O)NCC(C)C)cc1. The molecule has 0 radical (unpaired) electrons. The van der Waals surface area contributed by atoms with E-state index >= 15 is 0 Å². The van der Waals surface area contributed by atoms with Gasteiger partial charge in [-0.3, -0.25) is 9.59 Å². The molecule has 0 spiro atoms. The van der Waals surface area contributed by atoms with E-state index in [1.807, 2.05) is 79.7 Å². The average Bonchev–Trinajstić information content (AvgIpc) is 2.92. The monoisotopic (exact) mass is 516 g/mol. The van der Waals surface area contributed by atoms with Crippen LogP contribution in [0.15, 0.2) is 78.9 Å². The van der Waals surface area contributed by atoms with Gasteiger partial charge in [-0.2, -0.15) is 0 Å². The Labute approximate surface area is 227 Å². The summed E-state index contributed by atoms with van der Waals surface area (Å²) in [5, 5.41) is 3.07. The summed E-state index contributed by atoms with van der Waals surface area (Å²) in [5.41, 5.74) is 3.14. The molecular formula is C32H40N2O4. The van der Waals surface area contributed by atoms with Gasteiger partial charge < -0.3 is 19.7 Å². The van der Waals surface area contributed by atoms with Crippen LogP contribution in [-0.4, -0.2) is 43.0 Å². The van der Waals surface area contributed by atoms with Crippen molar-refractivity contribution >= 4 is 11.8 Å². The number of methoxy groups -OCH3 is 1. The van der Waals surface area contributed by atoms with Crippen LogP contribution in [0, 0.1) is 12.8 Å². The number of hydrogen-bond acceptors (Lipinski definition) is 4. The second-order valence-electron chi connectivity index (χ2n) is 9.98. The number of hydrogen-bond donors (Lipinski definition) is 1. The quantitative estimate of drug-likeness (QED) is 0.284. The summed E-state index contributed by atoms with van der Waals surface area (Å²) < 4.78 is 11.0. The van der Waals surface area contributed by atoms with Crippen LogP contribution < -0.4 is 14.8 Å². The van der Waals surface area contributed by atoms with Gasteiger partial charge in [0.15, 0.2) is 0 Å². The van der Waals surface area contributed by atoms with E-state index in [2.05, 4.69) is 25.2 Å². The Morgan fingerprint density at radius 3 is 2.24 bits per heavy atom. The van der Waals surface area contributed by atoms with Gasteiger partial charge in [-0.25, -0.2) is 0 Å². The van der Waals surface area contributed by atoms with E-state index in [1.165, 1.54) is 0 Å². The molecule has 0 aliphatic rings. The summed E-state index contributed by atoms with van der Waals surface area (Å²) in [6, 6.07) is 24.7. The molecule has 0 aliphatic heterocycles. The number of carbonyl (C=O) groups excluding carboxylic acids is 2. The standard InChI is InChI=1S/C32H40N2O4/c1-24(2)22-33-32(36)30(21-26-11-6-5-7-12-26)34(23-27-13-8-10-25(3)20-27)31(35)14-9-19-38-29-17-15-28(37-4)16-18-29/h5-8,10-13,15-18,20,24,30H,9,14,19,21-23H2,1-4H3,(H,33,36)/t30-/m1/s1. The zero-order valence-corrected chi connectivity index (χ0v) is 23.0. The van der Waals surface area contributed by atoms with Gasteiger partial charge in [0, 0.05) is 25.9 Å². The Kier molecular flexibility index (Phi) is 11.2. The molecule has 0 unspecified atom stereocenters. The van der Waals surface area contributed by atoms with Crippen LogP contribution in [0.3, 0.4) is 0 Å². The van der Waals surface area contributed by atoms with Crippen LogP contribution in [0.5, 0.6) is 11.5 Å². The van der Waals surface area contributed by atoms with Crippen LogP contribution in [0.1, 0.15) is 43.4 Å². The van der Waals surface area contributed by atoms with E-state index in [0.29, 0.717) is 38.5 Å². The van der Waals surface area contributed by atoms with E-state index in [1.54, 1.807) is 12.0 Å². The maximum Gasteiger partial charge on any atom is 0.243 e. The molecule has 0 bridgehead atoms. The van der Waals surface area contributed by atoms with Gasteiger partial charge in [-0.15, -0.1) is 0 Å². The summed E-state index contributed by atoms with van der Waals surface area (Å²) >= 11 is 0. The van der Waals surface area contributed by atoms with Gasteiger partial charge in [-0.05, 0) is 54.7 Å². The second-order valence-corrected chi connectivity index (χ2v) is 9.98. The van der Waals surface area contributed by atoms with Gasteiger partial charge in [0.05, 0.1) is 13.7 Å². The predicted octanol–water partition coefficient (Wildman–Crippen LogP) is 5.57. The summed E-state index contributed by atoms with van der Waals surface area (Å²) in [7, 11) is 1.62. The van der Waals surface area contributed by atoms with Gasteiger partial charge in [-0.1, -0.05) is 74.0 Å². The highest BCUT2D eigenvalue weighted by molar-refractivity contribution is 5.88. The van der Waals surface area contributed by atoms with Crippen molar-refractivity contribution in [1.29, 1.82) is 0 Å². The first-order chi connectivity index (χ1) is 18.4. The number of carbonyl (C=O) groups is 2. The lowest BCUT2D eigenvalue weighted by molar-refractivity contribution is -0.141.